The second-order valence-electron chi connectivity index (χ2n) is 3.90. The quantitative estimate of drug-likeness (QED) is 0.671. The Balaban J connectivity index is 0.000000160. The molecule has 0 atom stereocenters. The lowest BCUT2D eigenvalue weighted by Gasteiger charge is -1.90. The van der Waals surface area contributed by atoms with Gasteiger partial charge in [0.15, 0.2) is 0 Å². The molecule has 2 rings (SSSR count). The van der Waals surface area contributed by atoms with Crippen molar-refractivity contribution >= 4 is 0 Å². The highest BCUT2D eigenvalue weighted by Gasteiger charge is 1.82. The van der Waals surface area contributed by atoms with E-state index in [1.165, 1.54) is 5.56 Å². The van der Waals surface area contributed by atoms with Gasteiger partial charge in [-0.1, -0.05) is 12.1 Å². The van der Waals surface area contributed by atoms with Crippen molar-refractivity contribution in [3.05, 3.63) is 59.2 Å². The van der Waals surface area contributed by atoms with Gasteiger partial charge in [0.1, 0.15) is 0 Å². The Labute approximate surface area is 97.4 Å². The van der Waals surface area contributed by atoms with E-state index in [1.807, 2.05) is 58.2 Å². The molecule has 0 saturated heterocycles. The number of hydrogen-bond acceptors (Lipinski definition) is 2. The average Bonchev–Trinajstić information content (AvgIpc) is 2.23. The van der Waals surface area contributed by atoms with Crippen molar-refractivity contribution in [2.75, 3.05) is 0 Å². The van der Waals surface area contributed by atoms with E-state index >= 15 is 0 Å². The van der Waals surface area contributed by atoms with Crippen LogP contribution in [0.1, 0.15) is 22.6 Å². The van der Waals surface area contributed by atoms with Gasteiger partial charge in [0.2, 0.25) is 0 Å². The molecular weight excluding hydrogens is 196 g/mol. The molecule has 0 aromatic carbocycles. The normalized spacial score (nSPS) is 9.25. The van der Waals surface area contributed by atoms with E-state index < -0.39 is 0 Å². The summed E-state index contributed by atoms with van der Waals surface area (Å²) in [4.78, 5) is 8.25. The predicted molar refractivity (Wildman–Crippen MR) is 67.4 cm³/mol. The molecule has 0 aliphatic carbocycles. The van der Waals surface area contributed by atoms with E-state index in [4.69, 9.17) is 0 Å². The molecule has 2 heteroatoms. The van der Waals surface area contributed by atoms with E-state index in [1.54, 1.807) is 0 Å². The average molecular weight is 214 g/mol. The lowest BCUT2D eigenvalue weighted by molar-refractivity contribution is 1.12. The second-order valence-corrected chi connectivity index (χ2v) is 3.90. The van der Waals surface area contributed by atoms with Gasteiger partial charge in [-0.05, 0) is 51.5 Å². The van der Waals surface area contributed by atoms with Gasteiger partial charge in [-0.3, -0.25) is 9.97 Å². The molecule has 2 heterocycles. The highest BCUT2D eigenvalue weighted by Crippen LogP contribution is 1.95. The Morgan fingerprint density at radius 1 is 0.750 bits per heavy atom. The molecule has 0 radical (unpaired) electrons. The fraction of sp³-hybridized carbons (Fsp3) is 0.286. The van der Waals surface area contributed by atoms with Gasteiger partial charge in [-0.25, -0.2) is 0 Å². The Kier molecular flexibility index (Phi) is 4.65. The number of hydrogen-bond donors (Lipinski definition) is 0. The number of nitrogens with zero attached hydrogens (tertiary/aromatic N) is 2. The molecule has 0 fully saturated rings. The third-order valence-corrected chi connectivity index (χ3v) is 2.09. The first-order valence-corrected chi connectivity index (χ1v) is 5.37. The molecule has 2 aromatic heterocycles. The number of aryl methyl sites for hydroxylation is 4. The summed E-state index contributed by atoms with van der Waals surface area (Å²) in [5, 5.41) is 0. The van der Waals surface area contributed by atoms with Gasteiger partial charge in [0.25, 0.3) is 0 Å². The molecule has 0 amide bonds. The smallest absolute Gasteiger partial charge is 0.0375 e. The molecule has 0 spiro atoms. The maximum Gasteiger partial charge on any atom is 0.0375 e. The van der Waals surface area contributed by atoms with E-state index in [0.29, 0.717) is 0 Å². The predicted octanol–water partition coefficient (Wildman–Crippen LogP) is 3.40. The maximum atomic E-state index is 4.17. The van der Waals surface area contributed by atoms with Gasteiger partial charge in [0, 0.05) is 23.3 Å². The highest BCUT2D eigenvalue weighted by molar-refractivity contribution is 5.10. The molecule has 0 saturated carbocycles. The van der Waals surface area contributed by atoms with Gasteiger partial charge < -0.3 is 0 Å². The van der Waals surface area contributed by atoms with Crippen LogP contribution in [0, 0.1) is 27.7 Å². The Bertz CT molecular complexity index is 394. The lowest BCUT2D eigenvalue weighted by atomic mass is 10.3. The van der Waals surface area contributed by atoms with Gasteiger partial charge in [-0.2, -0.15) is 0 Å². The van der Waals surface area contributed by atoms with Crippen molar-refractivity contribution < 1.29 is 0 Å². The third-order valence-electron chi connectivity index (χ3n) is 2.09. The topological polar surface area (TPSA) is 25.8 Å². The molecule has 16 heavy (non-hydrogen) atoms. The van der Waals surface area contributed by atoms with Gasteiger partial charge in [-0.15, -0.1) is 0 Å². The van der Waals surface area contributed by atoms with Crippen LogP contribution in [0.3, 0.4) is 0 Å². The molecule has 0 aliphatic heterocycles. The molecule has 0 bridgehead atoms. The van der Waals surface area contributed by atoms with E-state index in [9.17, 15) is 0 Å². The zero-order chi connectivity index (χ0) is 12.0. The van der Waals surface area contributed by atoms with Crippen molar-refractivity contribution in [3.8, 4) is 0 Å². The fourth-order valence-corrected chi connectivity index (χ4v) is 1.22. The van der Waals surface area contributed by atoms with Crippen molar-refractivity contribution in [3.63, 3.8) is 0 Å². The number of pyridine rings is 2. The molecule has 0 aliphatic rings. The van der Waals surface area contributed by atoms with Crippen LogP contribution in [0.25, 0.3) is 0 Å². The molecular formula is C14H18N2. The van der Waals surface area contributed by atoms with Crippen LogP contribution >= 0.6 is 0 Å². The zero-order valence-corrected chi connectivity index (χ0v) is 10.4. The minimum Gasteiger partial charge on any atom is -0.261 e. The van der Waals surface area contributed by atoms with Crippen LogP contribution in [0.5, 0.6) is 0 Å². The summed E-state index contributed by atoms with van der Waals surface area (Å²) in [6.45, 7) is 8.01. The first kappa shape index (κ1) is 12.4. The Hall–Kier alpha value is -1.70. The van der Waals surface area contributed by atoms with Crippen molar-refractivity contribution in [1.82, 2.24) is 9.97 Å². The summed E-state index contributed by atoms with van der Waals surface area (Å²) in [6, 6.07) is 10.1. The highest BCUT2D eigenvalue weighted by atomic mass is 14.7. The van der Waals surface area contributed by atoms with Crippen LogP contribution in [-0.2, 0) is 0 Å². The summed E-state index contributed by atoms with van der Waals surface area (Å²) in [6.07, 6.45) is 1.87. The molecule has 0 unspecified atom stereocenters. The standard InChI is InChI=1S/2C7H9N/c1-6-3-4-7(2)8-5-6;1-6-4-3-5-7(2)8-6/h2*3-5H,1-2H3. The maximum absolute atomic E-state index is 4.17. The van der Waals surface area contributed by atoms with Crippen molar-refractivity contribution in [2.24, 2.45) is 0 Å². The molecule has 2 aromatic rings. The second kappa shape index (κ2) is 6.01. The van der Waals surface area contributed by atoms with Crippen molar-refractivity contribution in [1.29, 1.82) is 0 Å². The summed E-state index contributed by atoms with van der Waals surface area (Å²) in [5.74, 6) is 0. The Morgan fingerprint density at radius 2 is 1.38 bits per heavy atom. The monoisotopic (exact) mass is 214 g/mol. The first-order chi connectivity index (χ1) is 7.58. The van der Waals surface area contributed by atoms with Crippen molar-refractivity contribution in [2.45, 2.75) is 27.7 Å². The summed E-state index contributed by atoms with van der Waals surface area (Å²) in [7, 11) is 0. The van der Waals surface area contributed by atoms with Crippen LogP contribution in [0.4, 0.5) is 0 Å². The molecule has 84 valence electrons. The SMILES string of the molecule is Cc1ccc(C)nc1.Cc1cccc(C)n1. The number of rotatable bonds is 0. The fourth-order valence-electron chi connectivity index (χ4n) is 1.22. The van der Waals surface area contributed by atoms with E-state index in [0.717, 1.165) is 17.1 Å². The summed E-state index contributed by atoms with van der Waals surface area (Å²) >= 11 is 0. The minimum atomic E-state index is 1.08. The zero-order valence-electron chi connectivity index (χ0n) is 10.4. The number of aromatic nitrogens is 2. The van der Waals surface area contributed by atoms with Gasteiger partial charge >= 0.3 is 0 Å². The van der Waals surface area contributed by atoms with E-state index in [-0.39, 0.29) is 0 Å². The summed E-state index contributed by atoms with van der Waals surface area (Å²) in [5.41, 5.74) is 4.47. The molecule has 2 nitrogen and oxygen atoms in total. The van der Waals surface area contributed by atoms with Crippen LogP contribution in [0.2, 0.25) is 0 Å². The minimum absolute atomic E-state index is 1.08. The third kappa shape index (κ3) is 4.69. The first-order valence-electron chi connectivity index (χ1n) is 5.37. The van der Waals surface area contributed by atoms with Crippen LogP contribution in [-0.4, -0.2) is 9.97 Å². The van der Waals surface area contributed by atoms with E-state index in [2.05, 4.69) is 16.0 Å². The largest absolute Gasteiger partial charge is 0.261 e. The van der Waals surface area contributed by atoms with Crippen LogP contribution in [0.15, 0.2) is 36.5 Å². The van der Waals surface area contributed by atoms with Gasteiger partial charge in [0.05, 0.1) is 0 Å². The molecule has 0 N–H and O–H groups in total. The Morgan fingerprint density at radius 3 is 1.69 bits per heavy atom. The summed E-state index contributed by atoms with van der Waals surface area (Å²) < 4.78 is 0. The van der Waals surface area contributed by atoms with Crippen LogP contribution < -0.4 is 0 Å². The lowest BCUT2D eigenvalue weighted by Crippen LogP contribution is -1.81.